The molecule has 0 bridgehead atoms. The molecule has 0 aliphatic carbocycles. The summed E-state index contributed by atoms with van der Waals surface area (Å²) >= 11 is 1.25. The molecule has 0 atom stereocenters. The minimum Gasteiger partial charge on any atom is -0.497 e. The maximum atomic E-state index is 12.1. The van der Waals surface area contributed by atoms with Gasteiger partial charge in [0.2, 0.25) is 11.1 Å². The minimum absolute atomic E-state index is 0.143. The second-order valence-electron chi connectivity index (χ2n) is 5.69. The van der Waals surface area contributed by atoms with Gasteiger partial charge in [0, 0.05) is 11.8 Å². The molecule has 3 aromatic rings. The number of hydrogen-bond acceptors (Lipinski definition) is 6. The van der Waals surface area contributed by atoms with E-state index in [1.54, 1.807) is 19.2 Å². The van der Waals surface area contributed by atoms with Gasteiger partial charge in [-0.25, -0.2) is 4.98 Å². The van der Waals surface area contributed by atoms with E-state index < -0.39 is 0 Å². The minimum atomic E-state index is -0.143. The lowest BCUT2D eigenvalue weighted by molar-refractivity contribution is -0.113. The Morgan fingerprint density at radius 2 is 2.07 bits per heavy atom. The number of benzene rings is 2. The average Bonchev–Trinajstić information content (AvgIpc) is 3.14. The van der Waals surface area contributed by atoms with Crippen LogP contribution >= 0.6 is 11.8 Å². The van der Waals surface area contributed by atoms with Crippen LogP contribution in [0.15, 0.2) is 53.7 Å². The monoisotopic (exact) mass is 384 g/mol. The molecular formula is C19H20N4O3S. The topological polar surface area (TPSA) is 89.1 Å². The van der Waals surface area contributed by atoms with Gasteiger partial charge in [-0.2, -0.15) is 0 Å². The van der Waals surface area contributed by atoms with E-state index in [-0.39, 0.29) is 18.3 Å². The van der Waals surface area contributed by atoms with Crippen molar-refractivity contribution in [1.29, 1.82) is 0 Å². The molecule has 0 fully saturated rings. The number of aromatic amines is 1. The highest BCUT2D eigenvalue weighted by Crippen LogP contribution is 2.19. The van der Waals surface area contributed by atoms with Crippen molar-refractivity contribution < 1.29 is 14.3 Å². The molecule has 7 nitrogen and oxygen atoms in total. The predicted molar refractivity (Wildman–Crippen MR) is 104 cm³/mol. The number of hydrogen-bond donors (Lipinski definition) is 2. The van der Waals surface area contributed by atoms with E-state index in [4.69, 9.17) is 9.47 Å². The largest absolute Gasteiger partial charge is 0.497 e. The second-order valence-corrected chi connectivity index (χ2v) is 6.63. The number of nitrogens with zero attached hydrogens (tertiary/aromatic N) is 2. The number of H-pyrrole nitrogens is 1. The van der Waals surface area contributed by atoms with E-state index in [1.165, 1.54) is 11.8 Å². The molecular weight excluding hydrogens is 364 g/mol. The molecule has 2 aromatic carbocycles. The highest BCUT2D eigenvalue weighted by Gasteiger charge is 2.09. The van der Waals surface area contributed by atoms with Gasteiger partial charge < -0.3 is 14.8 Å². The maximum absolute atomic E-state index is 12.1. The fraction of sp³-hybridized carbons (Fsp3) is 0.211. The van der Waals surface area contributed by atoms with E-state index in [0.29, 0.717) is 22.4 Å². The second kappa shape index (κ2) is 9.09. The number of thioether (sulfide) groups is 1. The molecule has 0 radical (unpaired) electrons. The molecule has 3 rings (SSSR count). The third-order valence-corrected chi connectivity index (χ3v) is 4.50. The maximum Gasteiger partial charge on any atom is 0.234 e. The smallest absolute Gasteiger partial charge is 0.234 e. The Morgan fingerprint density at radius 3 is 2.89 bits per heavy atom. The van der Waals surface area contributed by atoms with Gasteiger partial charge in [-0.3, -0.25) is 9.89 Å². The summed E-state index contributed by atoms with van der Waals surface area (Å²) in [6.07, 6.45) is 0. The number of amides is 1. The van der Waals surface area contributed by atoms with Gasteiger partial charge in [0.15, 0.2) is 5.82 Å². The quantitative estimate of drug-likeness (QED) is 0.579. The Hall–Kier alpha value is -3.00. The molecule has 0 saturated carbocycles. The first kappa shape index (κ1) is 18.8. The van der Waals surface area contributed by atoms with Crippen molar-refractivity contribution in [2.75, 3.05) is 18.2 Å². The Morgan fingerprint density at radius 1 is 1.22 bits per heavy atom. The van der Waals surface area contributed by atoms with Crippen LogP contribution in [-0.4, -0.2) is 34.0 Å². The SMILES string of the molecule is COc1cccc(NC(=O)CSc2n[nH]c(COc3ccccc3C)n2)c1. The van der Waals surface area contributed by atoms with E-state index in [0.717, 1.165) is 11.3 Å². The Balaban J connectivity index is 1.47. The zero-order valence-electron chi connectivity index (χ0n) is 15.1. The van der Waals surface area contributed by atoms with Gasteiger partial charge in [0.1, 0.15) is 18.1 Å². The first-order chi connectivity index (χ1) is 13.1. The number of aryl methyl sites for hydroxylation is 1. The first-order valence-corrected chi connectivity index (χ1v) is 9.29. The van der Waals surface area contributed by atoms with Crippen molar-refractivity contribution in [3.05, 3.63) is 59.9 Å². The number of ether oxygens (including phenoxy) is 2. The Kier molecular flexibility index (Phi) is 6.32. The number of carbonyl (C=O) groups is 1. The van der Waals surface area contributed by atoms with Crippen LogP contribution < -0.4 is 14.8 Å². The predicted octanol–water partition coefficient (Wildman–Crippen LogP) is 3.43. The fourth-order valence-corrected chi connectivity index (χ4v) is 2.92. The van der Waals surface area contributed by atoms with Crippen LogP contribution in [-0.2, 0) is 11.4 Å². The number of para-hydroxylation sites is 1. The van der Waals surface area contributed by atoms with E-state index in [2.05, 4.69) is 20.5 Å². The molecule has 2 N–H and O–H groups in total. The summed E-state index contributed by atoms with van der Waals surface area (Å²) in [5.41, 5.74) is 1.74. The molecule has 140 valence electrons. The average molecular weight is 384 g/mol. The molecule has 0 spiro atoms. The molecule has 8 heteroatoms. The van der Waals surface area contributed by atoms with Crippen LogP contribution in [0.1, 0.15) is 11.4 Å². The van der Waals surface area contributed by atoms with Gasteiger partial charge in [-0.05, 0) is 30.7 Å². The molecule has 1 amide bonds. The summed E-state index contributed by atoms with van der Waals surface area (Å²) in [6.45, 7) is 2.27. The van der Waals surface area contributed by atoms with Gasteiger partial charge >= 0.3 is 0 Å². The summed E-state index contributed by atoms with van der Waals surface area (Å²) in [4.78, 5) is 16.4. The third kappa shape index (κ3) is 5.49. The van der Waals surface area contributed by atoms with Crippen LogP contribution in [0.2, 0.25) is 0 Å². The molecule has 1 heterocycles. The van der Waals surface area contributed by atoms with E-state index in [9.17, 15) is 4.79 Å². The lowest BCUT2D eigenvalue weighted by Crippen LogP contribution is -2.14. The van der Waals surface area contributed by atoms with E-state index >= 15 is 0 Å². The van der Waals surface area contributed by atoms with Crippen molar-refractivity contribution in [1.82, 2.24) is 15.2 Å². The van der Waals surface area contributed by atoms with Crippen molar-refractivity contribution >= 4 is 23.4 Å². The van der Waals surface area contributed by atoms with E-state index in [1.807, 2.05) is 43.3 Å². The summed E-state index contributed by atoms with van der Waals surface area (Å²) in [5.74, 6) is 2.16. The van der Waals surface area contributed by atoms with Gasteiger partial charge in [0.05, 0.1) is 12.9 Å². The summed E-state index contributed by atoms with van der Waals surface area (Å²) in [6, 6.07) is 15.0. The molecule has 0 aliphatic rings. The van der Waals surface area contributed by atoms with Crippen molar-refractivity contribution in [3.8, 4) is 11.5 Å². The van der Waals surface area contributed by atoms with Gasteiger partial charge in [0.25, 0.3) is 0 Å². The number of carbonyl (C=O) groups excluding carboxylic acids is 1. The van der Waals surface area contributed by atoms with Crippen LogP contribution in [0.25, 0.3) is 0 Å². The number of anilines is 1. The van der Waals surface area contributed by atoms with Crippen LogP contribution in [0, 0.1) is 6.92 Å². The van der Waals surface area contributed by atoms with Crippen molar-refractivity contribution in [3.63, 3.8) is 0 Å². The van der Waals surface area contributed by atoms with Crippen molar-refractivity contribution in [2.24, 2.45) is 0 Å². The molecule has 0 saturated heterocycles. The first-order valence-electron chi connectivity index (χ1n) is 8.30. The Labute approximate surface area is 161 Å². The van der Waals surface area contributed by atoms with Gasteiger partial charge in [-0.1, -0.05) is 36.0 Å². The highest BCUT2D eigenvalue weighted by atomic mass is 32.2. The van der Waals surface area contributed by atoms with Crippen LogP contribution in [0.3, 0.4) is 0 Å². The summed E-state index contributed by atoms with van der Waals surface area (Å²) < 4.78 is 10.9. The summed E-state index contributed by atoms with van der Waals surface area (Å²) in [7, 11) is 1.58. The van der Waals surface area contributed by atoms with Crippen LogP contribution in [0.4, 0.5) is 5.69 Å². The molecule has 1 aromatic heterocycles. The normalized spacial score (nSPS) is 10.4. The number of nitrogens with one attached hydrogen (secondary N) is 2. The number of aromatic nitrogens is 3. The molecule has 27 heavy (non-hydrogen) atoms. The Bertz CT molecular complexity index is 913. The molecule has 0 unspecified atom stereocenters. The van der Waals surface area contributed by atoms with Crippen LogP contribution in [0.5, 0.6) is 11.5 Å². The standard InChI is InChI=1S/C19H20N4O3S/c1-13-6-3-4-9-16(13)26-11-17-21-19(23-22-17)27-12-18(24)20-14-7-5-8-15(10-14)25-2/h3-10H,11-12H2,1-2H3,(H,20,24)(H,21,22,23). The van der Waals surface area contributed by atoms with Gasteiger partial charge in [-0.15, -0.1) is 5.10 Å². The lowest BCUT2D eigenvalue weighted by atomic mass is 10.2. The lowest BCUT2D eigenvalue weighted by Gasteiger charge is -2.06. The fourth-order valence-electron chi connectivity index (χ4n) is 2.30. The highest BCUT2D eigenvalue weighted by molar-refractivity contribution is 7.99. The van der Waals surface area contributed by atoms with Crippen molar-refractivity contribution in [2.45, 2.75) is 18.7 Å². The zero-order chi connectivity index (χ0) is 19.1. The summed E-state index contributed by atoms with van der Waals surface area (Å²) in [5, 5.41) is 10.2. The number of methoxy groups -OCH3 is 1. The molecule has 0 aliphatic heterocycles. The zero-order valence-corrected chi connectivity index (χ0v) is 15.9. The number of rotatable bonds is 8. The third-order valence-electron chi connectivity index (χ3n) is 3.66.